The number of nitrogens with zero attached hydrogens (tertiary/aromatic N) is 6. The Morgan fingerprint density at radius 3 is 2.54 bits per heavy atom. The molecule has 1 fully saturated rings. The highest BCUT2D eigenvalue weighted by Gasteiger charge is 2.41. The van der Waals surface area contributed by atoms with Crippen LogP contribution in [0.15, 0.2) is 43.1 Å². The number of hydrogen-bond donors (Lipinski definition) is 1. The van der Waals surface area contributed by atoms with Gasteiger partial charge in [0.25, 0.3) is 0 Å². The Hall–Kier alpha value is -3.19. The first-order chi connectivity index (χ1) is 16.6. The van der Waals surface area contributed by atoms with E-state index >= 15 is 0 Å². The summed E-state index contributed by atoms with van der Waals surface area (Å²) in [4.78, 5) is 13.0. The Labute approximate surface area is 197 Å². The molecule has 2 atom stereocenters. The van der Waals surface area contributed by atoms with E-state index < -0.39 is 35.2 Å². The fraction of sp³-hybridized carbons (Fsp3) is 0.455. The molecule has 0 radical (unpaired) electrons. The number of benzene rings is 1. The lowest BCUT2D eigenvalue weighted by Crippen LogP contribution is -2.47. The second kappa shape index (κ2) is 9.82. The maximum Gasteiger partial charge on any atom is 0.433 e. The van der Waals surface area contributed by atoms with Crippen LogP contribution in [0.1, 0.15) is 31.0 Å². The molecule has 0 saturated carbocycles. The average molecular weight is 498 g/mol. The Kier molecular flexibility index (Phi) is 6.99. The van der Waals surface area contributed by atoms with Crippen molar-refractivity contribution in [2.24, 2.45) is 0 Å². The number of hydrogen-bond acceptors (Lipinski definition) is 7. The fourth-order valence-electron chi connectivity index (χ4n) is 4.09. The lowest BCUT2D eigenvalue weighted by atomic mass is 9.87. The lowest BCUT2D eigenvalue weighted by molar-refractivity contribution is -0.145. The molecule has 0 aliphatic carbocycles. The van der Waals surface area contributed by atoms with Crippen molar-refractivity contribution >= 4 is 5.95 Å². The summed E-state index contributed by atoms with van der Waals surface area (Å²) in [6, 6.07) is 3.70. The quantitative estimate of drug-likeness (QED) is 0.500. The highest BCUT2D eigenvalue weighted by Crippen LogP contribution is 2.34. The maximum atomic E-state index is 14.7. The maximum absolute atomic E-state index is 14.7. The van der Waals surface area contributed by atoms with Crippen LogP contribution in [-0.2, 0) is 23.1 Å². The molecule has 2 aromatic heterocycles. The van der Waals surface area contributed by atoms with E-state index in [0.29, 0.717) is 32.0 Å². The summed E-state index contributed by atoms with van der Waals surface area (Å²) < 4.78 is 74.5. The van der Waals surface area contributed by atoms with Gasteiger partial charge < -0.3 is 14.7 Å². The Balaban J connectivity index is 1.47. The van der Waals surface area contributed by atoms with Crippen LogP contribution in [0.5, 0.6) is 0 Å². The topological polar surface area (TPSA) is 89.2 Å². The van der Waals surface area contributed by atoms with E-state index in [4.69, 9.17) is 4.74 Å². The molecule has 3 aromatic rings. The molecule has 1 aliphatic rings. The SMILES string of the molecule is C[C@@H](OC1CCN(c2nccc(C(F)(F)F)n2)CC1)[C@](O)(Cn1cncn1)c1ccc(F)cc1F. The van der Waals surface area contributed by atoms with Crippen molar-refractivity contribution < 1.29 is 31.8 Å². The number of alkyl halides is 3. The zero-order valence-corrected chi connectivity index (χ0v) is 18.7. The van der Waals surface area contributed by atoms with Gasteiger partial charge in [-0.15, -0.1) is 0 Å². The number of aromatic nitrogens is 5. The summed E-state index contributed by atoms with van der Waals surface area (Å²) in [6.45, 7) is 2.02. The van der Waals surface area contributed by atoms with E-state index in [1.165, 1.54) is 17.3 Å². The molecule has 1 saturated heterocycles. The average Bonchev–Trinajstić information content (AvgIpc) is 3.31. The standard InChI is InChI=1S/C22H23F5N6O2/c1-14(21(34,11-33-13-28-12-30-33)17-3-2-15(23)10-18(17)24)35-16-5-8-32(9-6-16)20-29-7-4-19(31-20)22(25,26)27/h2-4,7,10,12-14,16,34H,5-6,8-9,11H2,1H3/t14-,21-/m1/s1. The van der Waals surface area contributed by atoms with Crippen LogP contribution in [0.3, 0.4) is 0 Å². The van der Waals surface area contributed by atoms with Crippen molar-refractivity contribution in [1.82, 2.24) is 24.7 Å². The molecular weight excluding hydrogens is 475 g/mol. The second-order valence-corrected chi connectivity index (χ2v) is 8.35. The van der Waals surface area contributed by atoms with Crippen LogP contribution in [0.25, 0.3) is 0 Å². The van der Waals surface area contributed by atoms with E-state index in [9.17, 15) is 27.1 Å². The minimum atomic E-state index is -4.57. The van der Waals surface area contributed by atoms with Crippen LogP contribution < -0.4 is 4.90 Å². The first-order valence-electron chi connectivity index (χ1n) is 10.9. The van der Waals surface area contributed by atoms with Gasteiger partial charge in [-0.05, 0) is 31.9 Å². The van der Waals surface area contributed by atoms with Gasteiger partial charge >= 0.3 is 6.18 Å². The third kappa shape index (κ3) is 5.56. The zero-order valence-electron chi connectivity index (χ0n) is 18.7. The van der Waals surface area contributed by atoms with Gasteiger partial charge in [0, 0.05) is 30.9 Å². The molecule has 3 heterocycles. The lowest BCUT2D eigenvalue weighted by Gasteiger charge is -2.39. The molecule has 188 valence electrons. The van der Waals surface area contributed by atoms with Gasteiger partial charge in [0.2, 0.25) is 5.95 Å². The van der Waals surface area contributed by atoms with Gasteiger partial charge in [0.05, 0.1) is 18.8 Å². The second-order valence-electron chi connectivity index (χ2n) is 8.35. The molecule has 13 heteroatoms. The van der Waals surface area contributed by atoms with Gasteiger partial charge in [-0.1, -0.05) is 6.07 Å². The first kappa shape index (κ1) is 24.9. The van der Waals surface area contributed by atoms with E-state index in [0.717, 1.165) is 24.4 Å². The Bertz CT molecular complexity index is 1140. The number of aliphatic hydroxyl groups is 1. The monoisotopic (exact) mass is 498 g/mol. The van der Waals surface area contributed by atoms with Crippen molar-refractivity contribution in [3.05, 3.63) is 66.0 Å². The molecule has 0 spiro atoms. The van der Waals surface area contributed by atoms with Crippen LogP contribution >= 0.6 is 0 Å². The first-order valence-corrected chi connectivity index (χ1v) is 10.9. The van der Waals surface area contributed by atoms with Crippen LogP contribution in [0, 0.1) is 11.6 Å². The van der Waals surface area contributed by atoms with E-state index in [2.05, 4.69) is 20.1 Å². The predicted octanol–water partition coefficient (Wildman–Crippen LogP) is 3.33. The largest absolute Gasteiger partial charge is 0.433 e. The number of piperidine rings is 1. The van der Waals surface area contributed by atoms with Gasteiger partial charge in [-0.25, -0.2) is 28.4 Å². The summed E-state index contributed by atoms with van der Waals surface area (Å²) in [5.41, 5.74) is -3.09. The van der Waals surface area contributed by atoms with Crippen molar-refractivity contribution in [2.45, 2.75) is 50.3 Å². The highest BCUT2D eigenvalue weighted by atomic mass is 19.4. The molecule has 0 unspecified atom stereocenters. The summed E-state index contributed by atoms with van der Waals surface area (Å²) >= 11 is 0. The molecule has 1 aliphatic heterocycles. The Morgan fingerprint density at radius 1 is 1.17 bits per heavy atom. The third-order valence-electron chi connectivity index (χ3n) is 5.99. The molecule has 8 nitrogen and oxygen atoms in total. The Morgan fingerprint density at radius 2 is 1.91 bits per heavy atom. The molecule has 0 bridgehead atoms. The van der Waals surface area contributed by atoms with Crippen LogP contribution in [-0.4, -0.2) is 55.1 Å². The predicted molar refractivity (Wildman–Crippen MR) is 113 cm³/mol. The molecule has 35 heavy (non-hydrogen) atoms. The molecule has 0 amide bonds. The summed E-state index contributed by atoms with van der Waals surface area (Å²) in [6.07, 6.45) is -1.39. The number of anilines is 1. The highest BCUT2D eigenvalue weighted by molar-refractivity contribution is 5.32. The summed E-state index contributed by atoms with van der Waals surface area (Å²) in [5.74, 6) is -1.74. The normalized spacial score (nSPS) is 17.9. The number of halogens is 5. The smallest absolute Gasteiger partial charge is 0.380 e. The molecule has 4 rings (SSSR count). The van der Waals surface area contributed by atoms with E-state index in [-0.39, 0.29) is 24.2 Å². The van der Waals surface area contributed by atoms with Gasteiger partial charge in [-0.3, -0.25) is 0 Å². The molecule has 1 aromatic carbocycles. The van der Waals surface area contributed by atoms with Crippen molar-refractivity contribution in [1.29, 1.82) is 0 Å². The zero-order chi connectivity index (χ0) is 25.2. The van der Waals surface area contributed by atoms with Crippen molar-refractivity contribution in [2.75, 3.05) is 18.0 Å². The third-order valence-corrected chi connectivity index (χ3v) is 5.99. The summed E-state index contributed by atoms with van der Waals surface area (Å²) in [7, 11) is 0. The van der Waals surface area contributed by atoms with Crippen molar-refractivity contribution in [3.8, 4) is 0 Å². The summed E-state index contributed by atoms with van der Waals surface area (Å²) in [5, 5.41) is 15.5. The number of ether oxygens (including phenoxy) is 1. The minimum Gasteiger partial charge on any atom is -0.380 e. The van der Waals surface area contributed by atoms with E-state index in [1.54, 1.807) is 11.8 Å². The van der Waals surface area contributed by atoms with Gasteiger partial charge in [-0.2, -0.15) is 18.3 Å². The minimum absolute atomic E-state index is 0.0256. The fourth-order valence-corrected chi connectivity index (χ4v) is 4.09. The van der Waals surface area contributed by atoms with Crippen molar-refractivity contribution in [3.63, 3.8) is 0 Å². The number of rotatable bonds is 7. The van der Waals surface area contributed by atoms with Gasteiger partial charge in [0.15, 0.2) is 0 Å². The molecular formula is C22H23F5N6O2. The van der Waals surface area contributed by atoms with Crippen LogP contribution in [0.4, 0.5) is 27.9 Å². The molecule has 1 N–H and O–H groups in total. The van der Waals surface area contributed by atoms with E-state index in [1.807, 2.05) is 0 Å². The van der Waals surface area contributed by atoms with Gasteiger partial charge in [0.1, 0.15) is 35.6 Å². The van der Waals surface area contributed by atoms with Crippen LogP contribution in [0.2, 0.25) is 0 Å².